The second-order valence-electron chi connectivity index (χ2n) is 9.92. The molecule has 6 nitrogen and oxygen atoms in total. The van der Waals surface area contributed by atoms with Crippen molar-refractivity contribution >= 4 is 22.1 Å². The van der Waals surface area contributed by atoms with Gasteiger partial charge in [0, 0.05) is 23.3 Å². The Bertz CT molecular complexity index is 1970. The average Bonchev–Trinajstić information content (AvgIpc) is 3.03. The quantitative estimate of drug-likeness (QED) is 0.0971. The first kappa shape index (κ1) is 27.7. The van der Waals surface area contributed by atoms with Crippen LogP contribution in [0.2, 0.25) is 0 Å². The van der Waals surface area contributed by atoms with Crippen molar-refractivity contribution in [2.24, 2.45) is 0 Å². The number of phenolic OH excluding ortho intramolecular Hbond substituents is 2. The zero-order chi connectivity index (χ0) is 30.5. The summed E-state index contributed by atoms with van der Waals surface area (Å²) in [7, 11) is 0. The monoisotopic (exact) mass is 574 g/mol. The maximum Gasteiger partial charge on any atom is 0.143 e. The van der Waals surface area contributed by atoms with E-state index in [1.807, 2.05) is 84.9 Å². The van der Waals surface area contributed by atoms with Crippen molar-refractivity contribution in [3.05, 3.63) is 144 Å². The van der Waals surface area contributed by atoms with Gasteiger partial charge in [0.05, 0.1) is 22.5 Å². The normalized spacial score (nSPS) is 10.3. The lowest BCUT2D eigenvalue weighted by Crippen LogP contribution is -1.94. The fourth-order valence-corrected chi connectivity index (χ4v) is 4.44. The van der Waals surface area contributed by atoms with E-state index >= 15 is 0 Å². The van der Waals surface area contributed by atoms with E-state index in [2.05, 4.69) is 23.7 Å². The third-order valence-corrected chi connectivity index (χ3v) is 6.72. The van der Waals surface area contributed by atoms with Crippen LogP contribution in [0, 0.1) is 23.7 Å². The van der Waals surface area contributed by atoms with Gasteiger partial charge in [0.2, 0.25) is 0 Å². The number of hydrogen-bond donors (Lipinski definition) is 4. The zero-order valence-corrected chi connectivity index (χ0v) is 23.4. The van der Waals surface area contributed by atoms with Crippen molar-refractivity contribution in [1.82, 2.24) is 0 Å². The SMILES string of the molecule is Nc1cc(Oc2cc3cc(C#Cc4ccccc4)c(Oc4ccc(O)c(N)c4)cc3cc2C#Cc2ccccc2)ccc1O. The van der Waals surface area contributed by atoms with Crippen molar-refractivity contribution in [2.45, 2.75) is 0 Å². The van der Waals surface area contributed by atoms with E-state index in [0.29, 0.717) is 34.1 Å². The molecule has 0 aliphatic heterocycles. The van der Waals surface area contributed by atoms with Crippen LogP contribution in [0.1, 0.15) is 22.3 Å². The van der Waals surface area contributed by atoms with Gasteiger partial charge in [0.1, 0.15) is 34.5 Å². The van der Waals surface area contributed by atoms with Crippen molar-refractivity contribution in [3.8, 4) is 58.2 Å². The van der Waals surface area contributed by atoms with Gasteiger partial charge in [-0.25, -0.2) is 0 Å². The summed E-state index contributed by atoms with van der Waals surface area (Å²) < 4.78 is 12.5. The Labute approximate surface area is 254 Å². The van der Waals surface area contributed by atoms with E-state index in [4.69, 9.17) is 20.9 Å². The van der Waals surface area contributed by atoms with Crippen molar-refractivity contribution in [1.29, 1.82) is 0 Å². The Balaban J connectivity index is 1.50. The minimum atomic E-state index is -0.0236. The molecule has 0 aromatic heterocycles. The highest BCUT2D eigenvalue weighted by molar-refractivity contribution is 5.89. The van der Waals surface area contributed by atoms with Gasteiger partial charge in [-0.15, -0.1) is 0 Å². The first-order valence-electron chi connectivity index (χ1n) is 13.7. The number of ether oxygens (including phenoxy) is 2. The predicted molar refractivity (Wildman–Crippen MR) is 174 cm³/mol. The van der Waals surface area contributed by atoms with Gasteiger partial charge in [-0.1, -0.05) is 60.1 Å². The van der Waals surface area contributed by atoms with Crippen LogP contribution >= 0.6 is 0 Å². The van der Waals surface area contributed by atoms with E-state index < -0.39 is 0 Å². The second-order valence-corrected chi connectivity index (χ2v) is 9.92. The summed E-state index contributed by atoms with van der Waals surface area (Å²) in [4.78, 5) is 0. The van der Waals surface area contributed by atoms with E-state index in [-0.39, 0.29) is 22.9 Å². The van der Waals surface area contributed by atoms with Crippen molar-refractivity contribution < 1.29 is 19.7 Å². The molecule has 0 bridgehead atoms. The van der Waals surface area contributed by atoms with Crippen molar-refractivity contribution in [3.63, 3.8) is 0 Å². The van der Waals surface area contributed by atoms with Gasteiger partial charge in [-0.3, -0.25) is 0 Å². The molecule has 0 atom stereocenters. The third-order valence-electron chi connectivity index (χ3n) is 6.72. The largest absolute Gasteiger partial charge is 0.506 e. The van der Waals surface area contributed by atoms with E-state index in [0.717, 1.165) is 21.9 Å². The van der Waals surface area contributed by atoms with Gasteiger partial charge in [-0.2, -0.15) is 0 Å². The van der Waals surface area contributed by atoms with Crippen LogP contribution in [0.3, 0.4) is 0 Å². The highest BCUT2D eigenvalue weighted by Gasteiger charge is 2.13. The van der Waals surface area contributed by atoms with Crippen LogP contribution in [-0.2, 0) is 0 Å². The number of nitrogens with two attached hydrogens (primary N) is 2. The molecule has 0 saturated carbocycles. The molecule has 0 spiro atoms. The molecule has 6 aromatic rings. The number of nitrogen functional groups attached to an aromatic ring is 2. The third kappa shape index (κ3) is 6.36. The molecular formula is C38H26N2O4. The van der Waals surface area contributed by atoms with Crippen LogP contribution in [0.4, 0.5) is 11.4 Å². The maximum atomic E-state index is 9.89. The Morgan fingerprint density at radius 1 is 0.455 bits per heavy atom. The summed E-state index contributed by atoms with van der Waals surface area (Å²) in [6, 6.07) is 36.3. The molecule has 0 amide bonds. The van der Waals surface area contributed by atoms with Gasteiger partial charge in [0.15, 0.2) is 0 Å². The predicted octanol–water partition coefficient (Wildman–Crippen LogP) is 7.80. The first-order valence-corrected chi connectivity index (χ1v) is 13.7. The fourth-order valence-electron chi connectivity index (χ4n) is 4.44. The Hall–Kier alpha value is -6.50. The Morgan fingerprint density at radius 2 is 0.864 bits per heavy atom. The van der Waals surface area contributed by atoms with Crippen molar-refractivity contribution in [2.75, 3.05) is 11.5 Å². The molecule has 0 saturated heterocycles. The molecule has 0 heterocycles. The Kier molecular flexibility index (Phi) is 7.65. The lowest BCUT2D eigenvalue weighted by atomic mass is 10.0. The lowest BCUT2D eigenvalue weighted by Gasteiger charge is -2.14. The molecular weight excluding hydrogens is 548 g/mol. The van der Waals surface area contributed by atoms with E-state index in [1.54, 1.807) is 24.3 Å². The number of aromatic hydroxyl groups is 2. The number of rotatable bonds is 4. The molecule has 6 rings (SSSR count). The second kappa shape index (κ2) is 12.2. The van der Waals surface area contributed by atoms with E-state index in [1.165, 1.54) is 12.1 Å². The highest BCUT2D eigenvalue weighted by atomic mass is 16.5. The van der Waals surface area contributed by atoms with Gasteiger partial charge >= 0.3 is 0 Å². The van der Waals surface area contributed by atoms with Crippen LogP contribution in [0.25, 0.3) is 10.8 Å². The van der Waals surface area contributed by atoms with Gasteiger partial charge in [0.25, 0.3) is 0 Å². The summed E-state index contributed by atoms with van der Waals surface area (Å²) in [6.07, 6.45) is 0. The van der Waals surface area contributed by atoms with Gasteiger partial charge < -0.3 is 31.2 Å². The number of fused-ring (bicyclic) bond motifs is 1. The smallest absolute Gasteiger partial charge is 0.143 e. The maximum absolute atomic E-state index is 9.89. The van der Waals surface area contributed by atoms with Crippen LogP contribution in [-0.4, -0.2) is 10.2 Å². The molecule has 0 aliphatic carbocycles. The minimum Gasteiger partial charge on any atom is -0.506 e. The first-order chi connectivity index (χ1) is 21.4. The van der Waals surface area contributed by atoms with Crippen LogP contribution in [0.15, 0.2) is 121 Å². The molecule has 0 aliphatic rings. The Morgan fingerprint density at radius 3 is 1.25 bits per heavy atom. The topological polar surface area (TPSA) is 111 Å². The summed E-state index contributed by atoms with van der Waals surface area (Å²) in [5, 5.41) is 21.5. The number of anilines is 2. The molecule has 6 aromatic carbocycles. The summed E-state index contributed by atoms with van der Waals surface area (Å²) in [5.74, 6) is 14.8. The summed E-state index contributed by atoms with van der Waals surface area (Å²) >= 11 is 0. The number of benzene rings is 6. The molecule has 6 N–H and O–H groups in total. The fraction of sp³-hybridized carbons (Fsp3) is 0. The molecule has 0 radical (unpaired) electrons. The summed E-state index contributed by atoms with van der Waals surface area (Å²) in [5.41, 5.74) is 15.2. The molecule has 0 unspecified atom stereocenters. The van der Waals surface area contributed by atoms with E-state index in [9.17, 15) is 10.2 Å². The lowest BCUT2D eigenvalue weighted by molar-refractivity contribution is 0.466. The summed E-state index contributed by atoms with van der Waals surface area (Å²) in [6.45, 7) is 0. The minimum absolute atomic E-state index is 0.0236. The molecule has 6 heteroatoms. The molecule has 44 heavy (non-hydrogen) atoms. The average molecular weight is 575 g/mol. The zero-order valence-electron chi connectivity index (χ0n) is 23.4. The van der Waals surface area contributed by atoms with Crippen LogP contribution < -0.4 is 20.9 Å². The molecule has 212 valence electrons. The number of hydrogen-bond acceptors (Lipinski definition) is 6. The van der Waals surface area contributed by atoms with Gasteiger partial charge in [-0.05, 0) is 83.6 Å². The standard InChI is InChI=1S/C38H26N2O4/c39-33-23-31(15-17-35(33)41)43-37-21-30-20-28(14-12-26-9-5-2-6-10-26)38(44-32-16-18-36(42)34(40)24-32)22-29(30)19-27(37)13-11-25-7-3-1-4-8-25/h1-10,15-24,41-42H,39-40H2. The van der Waals surface area contributed by atoms with Crippen LogP contribution in [0.5, 0.6) is 34.5 Å². The molecule has 0 fully saturated rings. The number of phenols is 2. The highest BCUT2D eigenvalue weighted by Crippen LogP contribution is 2.37.